The van der Waals surface area contributed by atoms with Crippen LogP contribution >= 0.6 is 11.6 Å². The quantitative estimate of drug-likeness (QED) is 0.762. The summed E-state index contributed by atoms with van der Waals surface area (Å²) in [5.41, 5.74) is 1.31. The van der Waals surface area contributed by atoms with Crippen molar-refractivity contribution >= 4 is 29.2 Å². The van der Waals surface area contributed by atoms with Crippen molar-refractivity contribution in [1.29, 1.82) is 0 Å². The van der Waals surface area contributed by atoms with E-state index in [1.165, 1.54) is 19.2 Å². The Hall–Kier alpha value is -2.44. The number of esters is 1. The molecule has 0 aromatic heterocycles. The summed E-state index contributed by atoms with van der Waals surface area (Å²) in [7, 11) is 1.29. The summed E-state index contributed by atoms with van der Waals surface area (Å²) in [6.07, 6.45) is 1.59. The molecule has 1 atom stereocenters. The first-order valence-corrected chi connectivity index (χ1v) is 9.50. The second-order valence-corrected chi connectivity index (χ2v) is 7.25. The first-order valence-electron chi connectivity index (χ1n) is 9.12. The van der Waals surface area contributed by atoms with Crippen LogP contribution in [0.3, 0.4) is 0 Å². The summed E-state index contributed by atoms with van der Waals surface area (Å²) < 4.78 is 18.6. The third kappa shape index (κ3) is 4.88. The fourth-order valence-corrected chi connectivity index (χ4v) is 3.55. The number of nitrogens with zero attached hydrogens (tertiary/aromatic N) is 1. The molecule has 1 saturated heterocycles. The number of ether oxygens (including phenoxy) is 1. The van der Waals surface area contributed by atoms with Crippen molar-refractivity contribution in [2.75, 3.05) is 25.5 Å². The van der Waals surface area contributed by atoms with E-state index in [1.807, 2.05) is 6.07 Å². The van der Waals surface area contributed by atoms with Crippen LogP contribution in [0.2, 0.25) is 5.02 Å². The zero-order valence-corrected chi connectivity index (χ0v) is 16.3. The van der Waals surface area contributed by atoms with Crippen LogP contribution in [0.15, 0.2) is 42.5 Å². The first kappa shape index (κ1) is 20.3. The molecule has 0 aliphatic carbocycles. The Balaban J connectivity index is 1.66. The van der Waals surface area contributed by atoms with Gasteiger partial charge in [0.15, 0.2) is 0 Å². The van der Waals surface area contributed by atoms with Gasteiger partial charge in [-0.1, -0.05) is 29.8 Å². The maximum atomic E-state index is 13.9. The Bertz CT molecular complexity index is 874. The molecule has 1 amide bonds. The van der Waals surface area contributed by atoms with Gasteiger partial charge in [-0.05, 0) is 43.7 Å². The van der Waals surface area contributed by atoms with Crippen molar-refractivity contribution in [2.45, 2.75) is 19.4 Å². The van der Waals surface area contributed by atoms with Gasteiger partial charge in [0, 0.05) is 18.7 Å². The number of piperidine rings is 1. The Morgan fingerprint density at radius 3 is 2.82 bits per heavy atom. The van der Waals surface area contributed by atoms with Gasteiger partial charge in [0.1, 0.15) is 5.82 Å². The van der Waals surface area contributed by atoms with E-state index in [2.05, 4.69) is 10.2 Å². The molecular weight excluding hydrogens is 383 g/mol. The Labute approximate surface area is 168 Å². The molecule has 1 N–H and O–H groups in total. The highest BCUT2D eigenvalue weighted by molar-refractivity contribution is 6.33. The maximum absolute atomic E-state index is 13.9. The molecule has 1 aliphatic rings. The summed E-state index contributed by atoms with van der Waals surface area (Å²) in [6, 6.07) is 11.3. The average Bonchev–Trinajstić information content (AvgIpc) is 2.71. The number of nitrogens with one attached hydrogen (secondary N) is 1. The zero-order chi connectivity index (χ0) is 20.1. The van der Waals surface area contributed by atoms with Gasteiger partial charge < -0.3 is 10.1 Å². The first-order chi connectivity index (χ1) is 13.5. The van der Waals surface area contributed by atoms with Crippen molar-refractivity contribution in [1.82, 2.24) is 4.90 Å². The molecule has 2 aromatic carbocycles. The standard InChI is InChI=1S/C21H22ClFN2O3/c1-28-21(27)14-8-9-17(22)19(11-14)24-20(26)16-6-4-10-25(13-16)12-15-5-2-3-7-18(15)23/h2-3,5,7-9,11,16H,4,6,10,12-13H2,1H3,(H,24,26). The monoisotopic (exact) mass is 404 g/mol. The van der Waals surface area contributed by atoms with E-state index in [0.29, 0.717) is 34.9 Å². The summed E-state index contributed by atoms with van der Waals surface area (Å²) >= 11 is 6.16. The van der Waals surface area contributed by atoms with Crippen LogP contribution in [0, 0.1) is 11.7 Å². The fourth-order valence-electron chi connectivity index (χ4n) is 3.38. The number of halogens is 2. The molecule has 0 spiro atoms. The van der Waals surface area contributed by atoms with Gasteiger partial charge in [-0.2, -0.15) is 0 Å². The number of rotatable bonds is 5. The molecule has 1 fully saturated rings. The minimum absolute atomic E-state index is 0.165. The largest absolute Gasteiger partial charge is 0.465 e. The predicted molar refractivity (Wildman–Crippen MR) is 106 cm³/mol. The van der Waals surface area contributed by atoms with Gasteiger partial charge in [-0.15, -0.1) is 0 Å². The summed E-state index contributed by atoms with van der Waals surface area (Å²) in [5, 5.41) is 3.16. The highest BCUT2D eigenvalue weighted by Crippen LogP contribution is 2.26. The lowest BCUT2D eigenvalue weighted by Gasteiger charge is -2.32. The number of anilines is 1. The van der Waals surface area contributed by atoms with Crippen LogP contribution < -0.4 is 5.32 Å². The number of likely N-dealkylation sites (tertiary alicyclic amines) is 1. The van der Waals surface area contributed by atoms with Gasteiger partial charge in [-0.3, -0.25) is 9.69 Å². The Morgan fingerprint density at radius 1 is 1.29 bits per heavy atom. The van der Waals surface area contributed by atoms with E-state index in [9.17, 15) is 14.0 Å². The highest BCUT2D eigenvalue weighted by atomic mass is 35.5. The minimum Gasteiger partial charge on any atom is -0.465 e. The molecule has 0 bridgehead atoms. The van der Waals surface area contributed by atoms with Crippen molar-refractivity contribution in [2.24, 2.45) is 5.92 Å². The number of carbonyl (C=O) groups is 2. The third-order valence-electron chi connectivity index (χ3n) is 4.87. The second kappa shape index (κ2) is 9.17. The van der Waals surface area contributed by atoms with Crippen LogP contribution in [0.5, 0.6) is 0 Å². The van der Waals surface area contributed by atoms with Crippen molar-refractivity contribution in [3.63, 3.8) is 0 Å². The average molecular weight is 405 g/mol. The Kier molecular flexibility index (Phi) is 6.65. The molecule has 28 heavy (non-hydrogen) atoms. The molecule has 1 unspecified atom stereocenters. The molecule has 2 aromatic rings. The van der Waals surface area contributed by atoms with E-state index in [4.69, 9.17) is 16.3 Å². The predicted octanol–water partition coefficient (Wildman–Crippen LogP) is 4.12. The molecule has 5 nitrogen and oxygen atoms in total. The smallest absolute Gasteiger partial charge is 0.337 e. The van der Waals surface area contributed by atoms with E-state index >= 15 is 0 Å². The van der Waals surface area contributed by atoms with Crippen LogP contribution in [0.25, 0.3) is 0 Å². The lowest BCUT2D eigenvalue weighted by molar-refractivity contribution is -0.121. The molecule has 3 rings (SSSR count). The number of benzene rings is 2. The third-order valence-corrected chi connectivity index (χ3v) is 5.20. The van der Waals surface area contributed by atoms with Gasteiger partial charge in [0.05, 0.1) is 29.3 Å². The van der Waals surface area contributed by atoms with E-state index in [0.717, 1.165) is 19.4 Å². The fraction of sp³-hybridized carbons (Fsp3) is 0.333. The molecule has 0 radical (unpaired) electrons. The lowest BCUT2D eigenvalue weighted by Crippen LogP contribution is -2.40. The van der Waals surface area contributed by atoms with Crippen molar-refractivity contribution in [3.05, 3.63) is 64.4 Å². The van der Waals surface area contributed by atoms with Crippen LogP contribution in [-0.2, 0) is 16.1 Å². The Morgan fingerprint density at radius 2 is 2.07 bits per heavy atom. The number of carbonyl (C=O) groups excluding carboxylic acids is 2. The summed E-state index contributed by atoms with van der Waals surface area (Å²) in [6.45, 7) is 1.82. The topological polar surface area (TPSA) is 58.6 Å². The van der Waals surface area contributed by atoms with Gasteiger partial charge in [-0.25, -0.2) is 9.18 Å². The van der Waals surface area contributed by atoms with Crippen LogP contribution in [0.1, 0.15) is 28.8 Å². The highest BCUT2D eigenvalue weighted by Gasteiger charge is 2.27. The van der Waals surface area contributed by atoms with Gasteiger partial charge in [0.2, 0.25) is 5.91 Å². The van der Waals surface area contributed by atoms with Crippen molar-refractivity contribution in [3.8, 4) is 0 Å². The zero-order valence-electron chi connectivity index (χ0n) is 15.6. The second-order valence-electron chi connectivity index (χ2n) is 6.84. The van der Waals surface area contributed by atoms with E-state index in [-0.39, 0.29) is 17.6 Å². The number of methoxy groups -OCH3 is 1. The lowest BCUT2D eigenvalue weighted by atomic mass is 9.96. The van der Waals surface area contributed by atoms with Crippen LogP contribution in [-0.4, -0.2) is 37.0 Å². The molecule has 0 saturated carbocycles. The summed E-state index contributed by atoms with van der Waals surface area (Å²) in [5.74, 6) is -1.14. The number of hydrogen-bond acceptors (Lipinski definition) is 4. The summed E-state index contributed by atoms with van der Waals surface area (Å²) in [4.78, 5) is 26.5. The molecule has 148 valence electrons. The minimum atomic E-state index is -0.499. The van der Waals surface area contributed by atoms with E-state index in [1.54, 1.807) is 24.3 Å². The normalized spacial score (nSPS) is 17.2. The van der Waals surface area contributed by atoms with E-state index < -0.39 is 5.97 Å². The molecule has 1 aliphatic heterocycles. The maximum Gasteiger partial charge on any atom is 0.337 e. The number of amides is 1. The van der Waals surface area contributed by atoms with Gasteiger partial charge >= 0.3 is 5.97 Å². The molecule has 7 heteroatoms. The molecular formula is C21H22ClFN2O3. The van der Waals surface area contributed by atoms with Crippen molar-refractivity contribution < 1.29 is 18.7 Å². The van der Waals surface area contributed by atoms with Crippen LogP contribution in [0.4, 0.5) is 10.1 Å². The van der Waals surface area contributed by atoms with Gasteiger partial charge in [0.25, 0.3) is 0 Å². The SMILES string of the molecule is COC(=O)c1ccc(Cl)c(NC(=O)C2CCCN(Cc3ccccc3F)C2)c1. The molecule has 1 heterocycles. The number of hydrogen-bond donors (Lipinski definition) is 1.